The maximum absolute atomic E-state index is 13.3. The summed E-state index contributed by atoms with van der Waals surface area (Å²) >= 11 is 0. The fourth-order valence-electron chi connectivity index (χ4n) is 3.24. The van der Waals surface area contributed by atoms with Gasteiger partial charge in [-0.25, -0.2) is 4.39 Å². The van der Waals surface area contributed by atoms with E-state index in [1.807, 2.05) is 24.3 Å². The third-order valence-electron chi connectivity index (χ3n) is 4.58. The second-order valence-electron chi connectivity index (χ2n) is 6.37. The minimum absolute atomic E-state index is 0.0569. The molecule has 3 rings (SSSR count). The van der Waals surface area contributed by atoms with Crippen molar-refractivity contribution < 1.29 is 19.0 Å². The predicted octanol–water partition coefficient (Wildman–Crippen LogP) is 3.28. The monoisotopic (exact) mass is 345 g/mol. The number of ether oxygens (including phenoxy) is 2. The molecular formula is C20H24FNO3. The van der Waals surface area contributed by atoms with E-state index in [2.05, 4.69) is 5.32 Å². The summed E-state index contributed by atoms with van der Waals surface area (Å²) in [5.74, 6) is 0.934. The summed E-state index contributed by atoms with van der Waals surface area (Å²) in [7, 11) is 1.64. The predicted molar refractivity (Wildman–Crippen MR) is 94.3 cm³/mol. The molecule has 0 heterocycles. The Morgan fingerprint density at radius 2 is 1.92 bits per heavy atom. The summed E-state index contributed by atoms with van der Waals surface area (Å²) in [5.41, 5.74) is 1.10. The highest BCUT2D eigenvalue weighted by Gasteiger charge is 2.33. The summed E-state index contributed by atoms with van der Waals surface area (Å²) in [6.45, 7) is 0.644. The van der Waals surface area contributed by atoms with Gasteiger partial charge in [-0.15, -0.1) is 0 Å². The summed E-state index contributed by atoms with van der Waals surface area (Å²) in [6, 6.07) is 13.8. The quantitative estimate of drug-likeness (QED) is 0.844. The maximum Gasteiger partial charge on any atom is 0.126 e. The van der Waals surface area contributed by atoms with Crippen LogP contribution in [-0.2, 0) is 6.54 Å². The van der Waals surface area contributed by atoms with Gasteiger partial charge in [0.1, 0.15) is 29.5 Å². The van der Waals surface area contributed by atoms with Crippen LogP contribution >= 0.6 is 0 Å². The molecule has 1 fully saturated rings. The van der Waals surface area contributed by atoms with Crippen LogP contribution in [0.5, 0.6) is 11.5 Å². The molecule has 0 unspecified atom stereocenters. The first kappa shape index (κ1) is 17.7. The van der Waals surface area contributed by atoms with E-state index in [0.29, 0.717) is 12.3 Å². The number of aliphatic hydroxyl groups is 1. The highest BCUT2D eigenvalue weighted by Crippen LogP contribution is 2.25. The van der Waals surface area contributed by atoms with Crippen LogP contribution in [0.1, 0.15) is 24.8 Å². The third-order valence-corrected chi connectivity index (χ3v) is 4.58. The Morgan fingerprint density at radius 3 is 2.72 bits per heavy atom. The molecule has 0 radical (unpaired) electrons. The Morgan fingerprint density at radius 1 is 1.12 bits per heavy atom. The smallest absolute Gasteiger partial charge is 0.126 e. The number of benzene rings is 2. The van der Waals surface area contributed by atoms with Crippen molar-refractivity contribution in [2.75, 3.05) is 7.11 Å². The van der Waals surface area contributed by atoms with Crippen molar-refractivity contribution in [2.45, 2.75) is 44.1 Å². The van der Waals surface area contributed by atoms with Gasteiger partial charge in [-0.2, -0.15) is 0 Å². The van der Waals surface area contributed by atoms with E-state index < -0.39 is 6.10 Å². The van der Waals surface area contributed by atoms with E-state index in [0.717, 1.165) is 30.6 Å². The molecule has 134 valence electrons. The number of rotatable bonds is 6. The van der Waals surface area contributed by atoms with E-state index in [9.17, 15) is 9.50 Å². The Balaban J connectivity index is 1.58. The third kappa shape index (κ3) is 4.71. The molecule has 0 spiro atoms. The minimum Gasteiger partial charge on any atom is -0.497 e. The molecule has 0 aliphatic heterocycles. The molecule has 0 saturated heterocycles. The molecule has 25 heavy (non-hydrogen) atoms. The molecule has 1 saturated carbocycles. The second-order valence-corrected chi connectivity index (χ2v) is 6.37. The molecule has 2 aromatic rings. The van der Waals surface area contributed by atoms with Crippen LogP contribution in [0.3, 0.4) is 0 Å². The standard InChI is InChI=1S/C20H24FNO3/c1-24-16-7-2-5-14(11-16)13-22-18-9-4-10-19(20(18)23)25-17-8-3-6-15(21)12-17/h2-3,5-8,11-12,18-20,22-23H,4,9-10,13H2,1H3/t18-,19+,20+/m0/s1. The summed E-state index contributed by atoms with van der Waals surface area (Å²) in [5, 5.41) is 14.0. The topological polar surface area (TPSA) is 50.7 Å². The van der Waals surface area contributed by atoms with Crippen LogP contribution in [0.25, 0.3) is 0 Å². The highest BCUT2D eigenvalue weighted by molar-refractivity contribution is 5.28. The number of hydrogen-bond acceptors (Lipinski definition) is 4. The van der Waals surface area contributed by atoms with E-state index in [1.54, 1.807) is 19.2 Å². The highest BCUT2D eigenvalue weighted by atomic mass is 19.1. The Bertz CT molecular complexity index is 694. The molecule has 0 aromatic heterocycles. The molecule has 1 aliphatic carbocycles. The van der Waals surface area contributed by atoms with Crippen molar-refractivity contribution >= 4 is 0 Å². The van der Waals surface area contributed by atoms with Gasteiger partial charge in [-0.05, 0) is 49.1 Å². The van der Waals surface area contributed by atoms with Gasteiger partial charge in [-0.3, -0.25) is 0 Å². The first-order valence-corrected chi connectivity index (χ1v) is 8.62. The van der Waals surface area contributed by atoms with E-state index in [4.69, 9.17) is 9.47 Å². The average Bonchev–Trinajstić information content (AvgIpc) is 2.63. The minimum atomic E-state index is -0.636. The first-order valence-electron chi connectivity index (χ1n) is 8.62. The molecule has 2 aromatic carbocycles. The largest absolute Gasteiger partial charge is 0.497 e. The van der Waals surface area contributed by atoms with Crippen molar-refractivity contribution in [2.24, 2.45) is 0 Å². The lowest BCUT2D eigenvalue weighted by Gasteiger charge is -2.35. The molecule has 2 N–H and O–H groups in total. The molecule has 5 heteroatoms. The molecular weight excluding hydrogens is 321 g/mol. The van der Waals surface area contributed by atoms with E-state index >= 15 is 0 Å². The van der Waals surface area contributed by atoms with Crippen molar-refractivity contribution in [3.05, 3.63) is 59.9 Å². The summed E-state index contributed by atoms with van der Waals surface area (Å²) in [4.78, 5) is 0. The Hall–Kier alpha value is -2.11. The number of nitrogens with one attached hydrogen (secondary N) is 1. The second kappa shape index (κ2) is 8.32. The van der Waals surface area contributed by atoms with Crippen LogP contribution in [-0.4, -0.2) is 30.5 Å². The molecule has 0 amide bonds. The van der Waals surface area contributed by atoms with E-state index in [1.165, 1.54) is 12.1 Å². The Labute approximate surface area is 147 Å². The van der Waals surface area contributed by atoms with Crippen LogP contribution in [0, 0.1) is 5.82 Å². The Kier molecular flexibility index (Phi) is 5.89. The fourth-order valence-corrected chi connectivity index (χ4v) is 3.24. The summed E-state index contributed by atoms with van der Waals surface area (Å²) < 4.78 is 24.4. The zero-order chi connectivity index (χ0) is 17.6. The van der Waals surface area contributed by atoms with Crippen molar-refractivity contribution in [1.82, 2.24) is 5.32 Å². The summed E-state index contributed by atoms with van der Waals surface area (Å²) in [6.07, 6.45) is 1.62. The molecule has 4 nitrogen and oxygen atoms in total. The normalized spacial score (nSPS) is 23.2. The van der Waals surface area contributed by atoms with Crippen molar-refractivity contribution in [3.8, 4) is 11.5 Å². The van der Waals surface area contributed by atoms with Crippen LogP contribution in [0.2, 0.25) is 0 Å². The average molecular weight is 345 g/mol. The van der Waals surface area contributed by atoms with Gasteiger partial charge in [0.05, 0.1) is 7.11 Å². The van der Waals surface area contributed by atoms with E-state index in [-0.39, 0.29) is 18.0 Å². The zero-order valence-corrected chi connectivity index (χ0v) is 14.3. The molecule has 0 bridgehead atoms. The maximum atomic E-state index is 13.3. The van der Waals surface area contributed by atoms with Crippen LogP contribution < -0.4 is 14.8 Å². The SMILES string of the molecule is COc1cccc(CN[C@H]2CCC[C@@H](Oc3cccc(F)c3)[C@@H]2O)c1. The number of methoxy groups -OCH3 is 1. The van der Waals surface area contributed by atoms with Crippen LogP contribution in [0.4, 0.5) is 4.39 Å². The van der Waals surface area contributed by atoms with Gasteiger partial charge in [0.2, 0.25) is 0 Å². The number of aliphatic hydroxyl groups excluding tert-OH is 1. The van der Waals surface area contributed by atoms with Gasteiger partial charge in [0, 0.05) is 18.7 Å². The lowest BCUT2D eigenvalue weighted by Crippen LogP contribution is -2.50. The fraction of sp³-hybridized carbons (Fsp3) is 0.400. The lowest BCUT2D eigenvalue weighted by atomic mass is 9.89. The van der Waals surface area contributed by atoms with Crippen molar-refractivity contribution in [1.29, 1.82) is 0 Å². The van der Waals surface area contributed by atoms with Crippen LogP contribution in [0.15, 0.2) is 48.5 Å². The van der Waals surface area contributed by atoms with Gasteiger partial charge in [0.15, 0.2) is 0 Å². The lowest BCUT2D eigenvalue weighted by molar-refractivity contribution is -0.0158. The molecule has 1 aliphatic rings. The number of halogens is 1. The van der Waals surface area contributed by atoms with Gasteiger partial charge in [-0.1, -0.05) is 18.2 Å². The van der Waals surface area contributed by atoms with Crippen molar-refractivity contribution in [3.63, 3.8) is 0 Å². The van der Waals surface area contributed by atoms with Gasteiger partial charge < -0.3 is 19.9 Å². The zero-order valence-electron chi connectivity index (χ0n) is 14.3. The first-order chi connectivity index (χ1) is 12.2. The molecule has 3 atom stereocenters. The number of hydrogen-bond donors (Lipinski definition) is 2. The van der Waals surface area contributed by atoms with Gasteiger partial charge >= 0.3 is 0 Å². The van der Waals surface area contributed by atoms with Gasteiger partial charge in [0.25, 0.3) is 0 Å².